The van der Waals surface area contributed by atoms with E-state index in [1.165, 1.54) is 0 Å². The number of alkyl halides is 6. The summed E-state index contributed by atoms with van der Waals surface area (Å²) < 4.78 is 80.7. The van der Waals surface area contributed by atoms with Crippen LogP contribution in [0.3, 0.4) is 0 Å². The van der Waals surface area contributed by atoms with Gasteiger partial charge in [0.1, 0.15) is 5.82 Å². The third-order valence-corrected chi connectivity index (χ3v) is 2.87. The van der Waals surface area contributed by atoms with Gasteiger partial charge in [0.25, 0.3) is 0 Å². The quantitative estimate of drug-likeness (QED) is 0.667. The lowest BCUT2D eigenvalue weighted by Crippen LogP contribution is -2.14. The molecule has 0 radical (unpaired) electrons. The number of aromatic amines is 1. The Morgan fingerprint density at radius 1 is 1.13 bits per heavy atom. The summed E-state index contributed by atoms with van der Waals surface area (Å²) in [5.41, 5.74) is -3.59. The summed E-state index contributed by atoms with van der Waals surface area (Å²) in [6.45, 7) is 0. The van der Waals surface area contributed by atoms with Crippen molar-refractivity contribution in [1.82, 2.24) is 9.97 Å². The van der Waals surface area contributed by atoms with Crippen LogP contribution in [0, 0.1) is 0 Å². The molecule has 0 fully saturated rings. The number of hydrogen-bond donors (Lipinski definition) is 1. The second-order valence-electron chi connectivity index (χ2n) is 4.38. The molecule has 0 amide bonds. The summed E-state index contributed by atoms with van der Waals surface area (Å²) in [5.74, 6) is -1.61. The van der Waals surface area contributed by atoms with Crippen LogP contribution in [0.25, 0.3) is 11.4 Å². The van der Waals surface area contributed by atoms with E-state index in [2.05, 4.69) is 14.7 Å². The summed E-state index contributed by atoms with van der Waals surface area (Å²) in [6.07, 6.45) is -9.08. The van der Waals surface area contributed by atoms with E-state index in [4.69, 9.17) is 0 Å². The standard InChI is InChI=1S/C13H8F6N2O2/c1-23-11(22)7-3-2-6(4-8(7)12(14,15)16)10-20-5-9(21-10)13(17,18)19/h2-5H,1H3,(H,20,21). The van der Waals surface area contributed by atoms with E-state index in [0.29, 0.717) is 12.3 Å². The molecule has 0 aliphatic rings. The van der Waals surface area contributed by atoms with Gasteiger partial charge in [0.2, 0.25) is 0 Å². The van der Waals surface area contributed by atoms with Gasteiger partial charge in [0.05, 0.1) is 18.2 Å². The summed E-state index contributed by atoms with van der Waals surface area (Å²) in [5, 5.41) is 0. The van der Waals surface area contributed by atoms with Crippen molar-refractivity contribution in [3.8, 4) is 11.4 Å². The van der Waals surface area contributed by atoms with E-state index in [1.807, 2.05) is 0 Å². The summed E-state index contributed by atoms with van der Waals surface area (Å²) in [4.78, 5) is 16.7. The van der Waals surface area contributed by atoms with Gasteiger partial charge < -0.3 is 9.72 Å². The van der Waals surface area contributed by atoms with E-state index in [9.17, 15) is 31.1 Å². The third-order valence-electron chi connectivity index (χ3n) is 2.87. The molecule has 10 heteroatoms. The minimum atomic E-state index is -4.89. The molecule has 2 rings (SSSR count). The maximum Gasteiger partial charge on any atom is 0.434 e. The highest BCUT2D eigenvalue weighted by Gasteiger charge is 2.37. The smallest absolute Gasteiger partial charge is 0.434 e. The molecule has 1 N–H and O–H groups in total. The lowest BCUT2D eigenvalue weighted by atomic mass is 10.0. The first-order valence-electron chi connectivity index (χ1n) is 5.96. The molecule has 2 aromatic rings. The minimum Gasteiger partial charge on any atom is -0.465 e. The fourth-order valence-electron chi connectivity index (χ4n) is 1.83. The molecule has 0 unspecified atom stereocenters. The fraction of sp³-hybridized carbons (Fsp3) is 0.231. The molecule has 0 aliphatic heterocycles. The van der Waals surface area contributed by atoms with Crippen LogP contribution in [0.4, 0.5) is 26.3 Å². The Morgan fingerprint density at radius 2 is 1.78 bits per heavy atom. The van der Waals surface area contributed by atoms with Crippen LogP contribution in [0.5, 0.6) is 0 Å². The van der Waals surface area contributed by atoms with Crippen LogP contribution in [0.2, 0.25) is 0 Å². The van der Waals surface area contributed by atoms with Gasteiger partial charge in [-0.05, 0) is 12.1 Å². The topological polar surface area (TPSA) is 55.0 Å². The zero-order chi connectivity index (χ0) is 17.4. The predicted molar refractivity (Wildman–Crippen MR) is 65.4 cm³/mol. The molecule has 0 spiro atoms. The number of nitrogens with one attached hydrogen (secondary N) is 1. The number of carbonyl (C=O) groups excluding carboxylic acids is 1. The number of hydrogen-bond acceptors (Lipinski definition) is 3. The normalized spacial score (nSPS) is 12.3. The summed E-state index contributed by atoms with van der Waals surface area (Å²) in [7, 11) is 0.915. The zero-order valence-corrected chi connectivity index (χ0v) is 11.3. The highest BCUT2D eigenvalue weighted by atomic mass is 19.4. The van der Waals surface area contributed by atoms with Crippen LogP contribution in [0.1, 0.15) is 21.6 Å². The van der Waals surface area contributed by atoms with E-state index >= 15 is 0 Å². The average molecular weight is 338 g/mol. The Morgan fingerprint density at radius 3 is 2.26 bits per heavy atom. The Bertz CT molecular complexity index is 733. The predicted octanol–water partition coefficient (Wildman–Crippen LogP) is 3.90. The SMILES string of the molecule is COC(=O)c1ccc(-c2nc(C(F)(F)F)c[nH]2)cc1C(F)(F)F. The van der Waals surface area contributed by atoms with Gasteiger partial charge in [-0.15, -0.1) is 0 Å². The molecule has 1 aromatic carbocycles. The largest absolute Gasteiger partial charge is 0.465 e. The maximum absolute atomic E-state index is 13.0. The van der Waals surface area contributed by atoms with Crippen molar-refractivity contribution in [2.45, 2.75) is 12.4 Å². The zero-order valence-electron chi connectivity index (χ0n) is 11.3. The number of aromatic nitrogens is 2. The van der Waals surface area contributed by atoms with Crippen molar-refractivity contribution in [1.29, 1.82) is 0 Å². The molecular formula is C13H8F6N2O2. The monoisotopic (exact) mass is 338 g/mol. The first-order valence-corrected chi connectivity index (χ1v) is 5.96. The molecule has 0 aliphatic carbocycles. The number of carbonyl (C=O) groups is 1. The fourth-order valence-corrected chi connectivity index (χ4v) is 1.83. The Balaban J connectivity index is 2.53. The Hall–Kier alpha value is -2.52. The minimum absolute atomic E-state index is 0.250. The van der Waals surface area contributed by atoms with Gasteiger partial charge in [-0.1, -0.05) is 6.07 Å². The van der Waals surface area contributed by atoms with Crippen LogP contribution in [-0.4, -0.2) is 23.0 Å². The lowest BCUT2D eigenvalue weighted by Gasteiger charge is -2.12. The van der Waals surface area contributed by atoms with E-state index in [0.717, 1.165) is 19.2 Å². The summed E-state index contributed by atoms with van der Waals surface area (Å²) in [6, 6.07) is 2.39. The van der Waals surface area contributed by atoms with Gasteiger partial charge in [-0.25, -0.2) is 9.78 Å². The second kappa shape index (κ2) is 5.60. The molecule has 0 saturated heterocycles. The second-order valence-corrected chi connectivity index (χ2v) is 4.38. The molecule has 4 nitrogen and oxygen atoms in total. The molecule has 1 aromatic heterocycles. The molecule has 0 bridgehead atoms. The number of rotatable bonds is 2. The number of esters is 1. The Labute approximate surface area is 125 Å². The number of H-pyrrole nitrogens is 1. The highest BCUT2D eigenvalue weighted by Crippen LogP contribution is 2.35. The third kappa shape index (κ3) is 3.46. The van der Waals surface area contributed by atoms with E-state index in [1.54, 1.807) is 0 Å². The lowest BCUT2D eigenvalue weighted by molar-refractivity contribution is -0.141. The van der Waals surface area contributed by atoms with Crippen LogP contribution < -0.4 is 0 Å². The van der Waals surface area contributed by atoms with Crippen LogP contribution in [0.15, 0.2) is 24.4 Å². The van der Waals surface area contributed by atoms with Crippen LogP contribution in [-0.2, 0) is 17.1 Å². The van der Waals surface area contributed by atoms with E-state index < -0.39 is 41.0 Å². The van der Waals surface area contributed by atoms with Crippen molar-refractivity contribution in [2.24, 2.45) is 0 Å². The molecule has 23 heavy (non-hydrogen) atoms. The number of benzene rings is 1. The molecule has 1 heterocycles. The van der Waals surface area contributed by atoms with Crippen molar-refractivity contribution < 1.29 is 35.9 Å². The van der Waals surface area contributed by atoms with E-state index in [-0.39, 0.29) is 5.56 Å². The van der Waals surface area contributed by atoms with Gasteiger partial charge in [-0.2, -0.15) is 26.3 Å². The van der Waals surface area contributed by atoms with Crippen LogP contribution >= 0.6 is 0 Å². The highest BCUT2D eigenvalue weighted by molar-refractivity contribution is 5.92. The molecule has 0 atom stereocenters. The van der Waals surface area contributed by atoms with Gasteiger partial charge in [0.15, 0.2) is 5.69 Å². The van der Waals surface area contributed by atoms with Crippen molar-refractivity contribution in [3.05, 3.63) is 41.2 Å². The van der Waals surface area contributed by atoms with Gasteiger partial charge in [-0.3, -0.25) is 0 Å². The average Bonchev–Trinajstić information content (AvgIpc) is 2.94. The maximum atomic E-state index is 13.0. The number of nitrogens with zero attached hydrogens (tertiary/aromatic N) is 1. The van der Waals surface area contributed by atoms with Crippen molar-refractivity contribution >= 4 is 5.97 Å². The van der Waals surface area contributed by atoms with Crippen molar-refractivity contribution in [3.63, 3.8) is 0 Å². The molecule has 0 saturated carbocycles. The first kappa shape index (κ1) is 16.8. The first-order chi connectivity index (χ1) is 10.5. The van der Waals surface area contributed by atoms with Crippen molar-refractivity contribution in [2.75, 3.05) is 7.11 Å². The van der Waals surface area contributed by atoms with Gasteiger partial charge in [0, 0.05) is 11.8 Å². The molecular weight excluding hydrogens is 330 g/mol. The Kier molecular flexibility index (Phi) is 4.10. The number of ether oxygens (including phenoxy) is 1. The molecule has 124 valence electrons. The number of halogens is 6. The number of imidazole rings is 1. The number of methoxy groups -OCH3 is 1. The summed E-state index contributed by atoms with van der Waals surface area (Å²) >= 11 is 0. The van der Waals surface area contributed by atoms with Gasteiger partial charge >= 0.3 is 18.3 Å².